The van der Waals surface area contributed by atoms with Crippen molar-refractivity contribution in [1.29, 1.82) is 0 Å². The summed E-state index contributed by atoms with van der Waals surface area (Å²) in [6.07, 6.45) is 7.53. The number of benzene rings is 1. The third-order valence-corrected chi connectivity index (χ3v) is 6.57. The third-order valence-electron chi connectivity index (χ3n) is 6.57. The van der Waals surface area contributed by atoms with E-state index in [0.29, 0.717) is 38.4 Å². The molecule has 1 atom stereocenters. The van der Waals surface area contributed by atoms with Crippen molar-refractivity contribution in [2.24, 2.45) is 0 Å². The summed E-state index contributed by atoms with van der Waals surface area (Å²) in [6, 6.07) is 6.60. The normalized spacial score (nSPS) is 19.4. The summed E-state index contributed by atoms with van der Waals surface area (Å²) in [4.78, 5) is 20.0. The van der Waals surface area contributed by atoms with Gasteiger partial charge in [0.2, 0.25) is 5.91 Å². The van der Waals surface area contributed by atoms with Crippen LogP contribution in [0.15, 0.2) is 30.6 Å². The number of hydrogen-bond donors (Lipinski definition) is 2. The molecule has 0 unspecified atom stereocenters. The fourth-order valence-electron chi connectivity index (χ4n) is 4.75. The maximum Gasteiger partial charge on any atom is 0.242 e. The number of carbonyl (C=O) groups excluding carboxylic acids is 1. The van der Waals surface area contributed by atoms with E-state index in [2.05, 4.69) is 34.0 Å². The van der Waals surface area contributed by atoms with Gasteiger partial charge < -0.3 is 19.9 Å². The summed E-state index contributed by atoms with van der Waals surface area (Å²) < 4.78 is 3.99. The van der Waals surface area contributed by atoms with Crippen molar-refractivity contribution in [1.82, 2.24) is 24.2 Å². The summed E-state index contributed by atoms with van der Waals surface area (Å²) in [5.41, 5.74) is 4.44. The quantitative estimate of drug-likeness (QED) is 0.658. The standard InChI is InChI=1S/C23H30N6O2/c1-16-3-4-18-19(25-16)5-6-20-23(18)26-21(9-14-28-11-2-10-24-28)29(20)15-22(31)27-12-7-17(30)8-13-27/h2,5-6,10-11,16-17,25,30H,3-4,7-9,12-15H2,1H3/t16-/m0/s1. The molecule has 0 spiro atoms. The molecule has 2 aliphatic rings. The molecule has 4 heterocycles. The number of carbonyl (C=O) groups is 1. The Kier molecular flexibility index (Phi) is 5.40. The van der Waals surface area contributed by atoms with Crippen molar-refractivity contribution in [3.63, 3.8) is 0 Å². The summed E-state index contributed by atoms with van der Waals surface area (Å²) in [6.45, 7) is 4.44. The summed E-state index contributed by atoms with van der Waals surface area (Å²) in [5.74, 6) is 1.01. The van der Waals surface area contributed by atoms with Crippen LogP contribution in [0.3, 0.4) is 0 Å². The van der Waals surface area contributed by atoms with Gasteiger partial charge in [0.05, 0.1) is 17.1 Å². The number of aromatic nitrogens is 4. The van der Waals surface area contributed by atoms with Crippen molar-refractivity contribution in [3.05, 3.63) is 42.0 Å². The molecule has 5 rings (SSSR count). The predicted molar refractivity (Wildman–Crippen MR) is 119 cm³/mol. The van der Waals surface area contributed by atoms with Gasteiger partial charge in [-0.15, -0.1) is 0 Å². The Balaban J connectivity index is 1.47. The van der Waals surface area contributed by atoms with Gasteiger partial charge in [-0.1, -0.05) is 0 Å². The number of fused-ring (bicyclic) bond motifs is 3. The van der Waals surface area contributed by atoms with Crippen molar-refractivity contribution in [3.8, 4) is 0 Å². The van der Waals surface area contributed by atoms with Crippen LogP contribution in [0.1, 0.15) is 37.6 Å². The van der Waals surface area contributed by atoms with Crippen LogP contribution in [0.5, 0.6) is 0 Å². The number of nitrogens with zero attached hydrogens (tertiary/aromatic N) is 5. The smallest absolute Gasteiger partial charge is 0.242 e. The Morgan fingerprint density at radius 1 is 1.26 bits per heavy atom. The molecule has 0 radical (unpaired) electrons. The lowest BCUT2D eigenvalue weighted by Crippen LogP contribution is -2.41. The van der Waals surface area contributed by atoms with E-state index in [1.165, 1.54) is 5.56 Å². The van der Waals surface area contributed by atoms with Gasteiger partial charge in [0.25, 0.3) is 0 Å². The van der Waals surface area contributed by atoms with Gasteiger partial charge in [-0.3, -0.25) is 9.48 Å². The Bertz CT molecular complexity index is 1070. The van der Waals surface area contributed by atoms with E-state index in [1.54, 1.807) is 6.20 Å². The lowest BCUT2D eigenvalue weighted by Gasteiger charge is -2.30. The number of nitrogens with one attached hydrogen (secondary N) is 1. The SMILES string of the molecule is C[C@H]1CCc2c(ccc3c2nc(CCn2cccn2)n3CC(=O)N2CCC(O)CC2)N1. The first-order chi connectivity index (χ1) is 15.1. The van der Waals surface area contributed by atoms with E-state index < -0.39 is 0 Å². The first kappa shape index (κ1) is 20.1. The van der Waals surface area contributed by atoms with Gasteiger partial charge in [0.15, 0.2) is 0 Å². The van der Waals surface area contributed by atoms with E-state index in [9.17, 15) is 9.90 Å². The molecule has 3 aromatic rings. The molecule has 0 bridgehead atoms. The Labute approximate surface area is 181 Å². The topological polar surface area (TPSA) is 88.2 Å². The average molecular weight is 423 g/mol. The largest absolute Gasteiger partial charge is 0.393 e. The van der Waals surface area contributed by atoms with Gasteiger partial charge in [-0.05, 0) is 50.8 Å². The fraction of sp³-hybridized carbons (Fsp3) is 0.522. The summed E-state index contributed by atoms with van der Waals surface area (Å²) in [5, 5.41) is 17.7. The van der Waals surface area contributed by atoms with E-state index >= 15 is 0 Å². The molecule has 8 nitrogen and oxygen atoms in total. The summed E-state index contributed by atoms with van der Waals surface area (Å²) >= 11 is 0. The van der Waals surface area contributed by atoms with Gasteiger partial charge in [-0.25, -0.2) is 4.98 Å². The number of anilines is 1. The van der Waals surface area contributed by atoms with Crippen LogP contribution in [0.4, 0.5) is 5.69 Å². The second kappa shape index (κ2) is 8.34. The van der Waals surface area contributed by atoms with Crippen LogP contribution < -0.4 is 5.32 Å². The first-order valence-electron chi connectivity index (χ1n) is 11.3. The van der Waals surface area contributed by atoms with Crippen LogP contribution in [0, 0.1) is 0 Å². The number of amides is 1. The highest BCUT2D eigenvalue weighted by atomic mass is 16.3. The lowest BCUT2D eigenvalue weighted by atomic mass is 9.98. The highest BCUT2D eigenvalue weighted by Crippen LogP contribution is 2.32. The molecule has 2 aromatic heterocycles. The van der Waals surface area contributed by atoms with Gasteiger partial charge >= 0.3 is 0 Å². The molecule has 0 saturated carbocycles. The zero-order chi connectivity index (χ0) is 21.4. The van der Waals surface area contributed by atoms with Crippen LogP contribution in [-0.4, -0.2) is 60.5 Å². The van der Waals surface area contributed by atoms with Gasteiger partial charge in [0, 0.05) is 55.7 Å². The number of rotatable bonds is 5. The monoisotopic (exact) mass is 422 g/mol. The number of imidazole rings is 1. The Morgan fingerprint density at radius 2 is 2.10 bits per heavy atom. The number of aryl methyl sites for hydroxylation is 3. The highest BCUT2D eigenvalue weighted by Gasteiger charge is 2.25. The van der Waals surface area contributed by atoms with Crippen LogP contribution in [0.2, 0.25) is 0 Å². The number of piperidine rings is 1. The average Bonchev–Trinajstić information content (AvgIpc) is 3.40. The van der Waals surface area contributed by atoms with E-state index in [4.69, 9.17) is 4.98 Å². The molecule has 164 valence electrons. The van der Waals surface area contributed by atoms with Crippen LogP contribution >= 0.6 is 0 Å². The summed E-state index contributed by atoms with van der Waals surface area (Å²) in [7, 11) is 0. The molecular weight excluding hydrogens is 392 g/mol. The lowest BCUT2D eigenvalue weighted by molar-refractivity contribution is -0.133. The molecule has 1 saturated heterocycles. The number of likely N-dealkylation sites (tertiary alicyclic amines) is 1. The van der Waals surface area contributed by atoms with Crippen molar-refractivity contribution in [2.45, 2.75) is 64.3 Å². The Hall–Kier alpha value is -2.87. The van der Waals surface area contributed by atoms with E-state index in [1.807, 2.05) is 21.8 Å². The maximum absolute atomic E-state index is 13.1. The van der Waals surface area contributed by atoms with Crippen molar-refractivity contribution >= 4 is 22.6 Å². The predicted octanol–water partition coefficient (Wildman–Crippen LogP) is 2.21. The van der Waals surface area contributed by atoms with Crippen LogP contribution in [-0.2, 0) is 30.7 Å². The molecule has 0 aliphatic carbocycles. The molecule has 2 aliphatic heterocycles. The molecular formula is C23H30N6O2. The molecule has 1 fully saturated rings. The number of aliphatic hydroxyl groups is 1. The maximum atomic E-state index is 13.1. The third kappa shape index (κ3) is 4.04. The minimum Gasteiger partial charge on any atom is -0.393 e. The molecule has 1 amide bonds. The highest BCUT2D eigenvalue weighted by molar-refractivity contribution is 5.87. The number of hydrogen-bond acceptors (Lipinski definition) is 5. The Morgan fingerprint density at radius 3 is 2.87 bits per heavy atom. The minimum absolute atomic E-state index is 0.0935. The first-order valence-corrected chi connectivity index (χ1v) is 11.3. The van der Waals surface area contributed by atoms with Gasteiger partial charge in [-0.2, -0.15) is 5.10 Å². The molecule has 1 aromatic carbocycles. The molecule has 2 N–H and O–H groups in total. The molecule has 8 heteroatoms. The number of aliphatic hydroxyl groups excluding tert-OH is 1. The van der Waals surface area contributed by atoms with E-state index in [-0.39, 0.29) is 18.6 Å². The minimum atomic E-state index is -0.288. The van der Waals surface area contributed by atoms with Crippen molar-refractivity contribution < 1.29 is 9.90 Å². The van der Waals surface area contributed by atoms with Crippen molar-refractivity contribution in [2.75, 3.05) is 18.4 Å². The second-order valence-corrected chi connectivity index (χ2v) is 8.79. The second-order valence-electron chi connectivity index (χ2n) is 8.79. The zero-order valence-corrected chi connectivity index (χ0v) is 18.0. The fourth-order valence-corrected chi connectivity index (χ4v) is 4.75. The van der Waals surface area contributed by atoms with Crippen LogP contribution in [0.25, 0.3) is 11.0 Å². The zero-order valence-electron chi connectivity index (χ0n) is 18.0. The van der Waals surface area contributed by atoms with E-state index in [0.717, 1.165) is 41.9 Å². The van der Waals surface area contributed by atoms with Gasteiger partial charge in [0.1, 0.15) is 12.4 Å². The molecule has 31 heavy (non-hydrogen) atoms.